The Morgan fingerprint density at radius 3 is 3.07 bits per heavy atom. The normalized spacial score (nSPS) is 24.6. The van der Waals surface area contributed by atoms with Crippen LogP contribution in [0.15, 0.2) is 41.6 Å². The van der Waals surface area contributed by atoms with Gasteiger partial charge in [-0.3, -0.25) is 9.59 Å². The zero-order valence-corrected chi connectivity index (χ0v) is 15.0. The van der Waals surface area contributed by atoms with Crippen molar-refractivity contribution in [1.82, 2.24) is 19.9 Å². The van der Waals surface area contributed by atoms with Crippen LogP contribution in [0.4, 0.5) is 5.82 Å². The number of fused-ring (bicyclic) bond motifs is 2. The van der Waals surface area contributed by atoms with Gasteiger partial charge in [0.25, 0.3) is 5.56 Å². The van der Waals surface area contributed by atoms with Gasteiger partial charge in [-0.05, 0) is 37.1 Å². The lowest BCUT2D eigenvalue weighted by molar-refractivity contribution is -0.122. The first-order valence-electron chi connectivity index (χ1n) is 9.25. The van der Waals surface area contributed by atoms with Crippen molar-refractivity contribution in [3.8, 4) is 0 Å². The Balaban J connectivity index is 1.45. The summed E-state index contributed by atoms with van der Waals surface area (Å²) >= 11 is 0. The first-order valence-corrected chi connectivity index (χ1v) is 9.25. The highest BCUT2D eigenvalue weighted by Crippen LogP contribution is 2.44. The molecule has 2 aliphatic rings. The number of aromatic nitrogens is 3. The number of amides is 1. The van der Waals surface area contributed by atoms with Crippen molar-refractivity contribution in [3.63, 3.8) is 0 Å². The molecule has 3 aromatic rings. The van der Waals surface area contributed by atoms with E-state index in [4.69, 9.17) is 0 Å². The van der Waals surface area contributed by atoms with E-state index in [1.165, 1.54) is 28.9 Å². The number of likely N-dealkylation sites (N-methyl/N-ethyl adjacent to an activating group) is 1. The van der Waals surface area contributed by atoms with Crippen LogP contribution in [0.2, 0.25) is 0 Å². The van der Waals surface area contributed by atoms with Gasteiger partial charge in [-0.2, -0.15) is 0 Å². The third-order valence-electron chi connectivity index (χ3n) is 6.05. The SMILES string of the molecule is CN1CC(C(=O)Nc2ncc[nH]c2=O)C[C@@H]2c3cccc4[nH]cc(c34)C[C@H]21. The number of anilines is 1. The molecule has 1 aliphatic carbocycles. The van der Waals surface area contributed by atoms with Crippen LogP contribution in [0, 0.1) is 5.92 Å². The van der Waals surface area contributed by atoms with Crippen LogP contribution in [-0.2, 0) is 11.2 Å². The molecule has 5 rings (SSSR count). The van der Waals surface area contributed by atoms with Crippen molar-refractivity contribution in [2.24, 2.45) is 5.92 Å². The number of aromatic amines is 2. The lowest BCUT2D eigenvalue weighted by Gasteiger charge is -2.45. The zero-order chi connectivity index (χ0) is 18.5. The largest absolute Gasteiger partial charge is 0.361 e. The maximum absolute atomic E-state index is 12.8. The smallest absolute Gasteiger partial charge is 0.291 e. The highest BCUT2D eigenvalue weighted by atomic mass is 16.2. The van der Waals surface area contributed by atoms with Crippen molar-refractivity contribution < 1.29 is 4.79 Å². The van der Waals surface area contributed by atoms with E-state index in [0.717, 1.165) is 18.4 Å². The third kappa shape index (κ3) is 2.57. The molecule has 0 bridgehead atoms. The summed E-state index contributed by atoms with van der Waals surface area (Å²) in [6.45, 7) is 0.674. The monoisotopic (exact) mass is 363 g/mol. The molecule has 1 amide bonds. The van der Waals surface area contributed by atoms with Gasteiger partial charge in [0.15, 0.2) is 5.82 Å². The Morgan fingerprint density at radius 2 is 2.22 bits per heavy atom. The van der Waals surface area contributed by atoms with Gasteiger partial charge < -0.3 is 20.2 Å². The average molecular weight is 363 g/mol. The van der Waals surface area contributed by atoms with E-state index in [9.17, 15) is 9.59 Å². The van der Waals surface area contributed by atoms with E-state index in [1.807, 2.05) is 0 Å². The predicted octanol–water partition coefficient (Wildman–Crippen LogP) is 1.85. The number of carbonyl (C=O) groups excluding carboxylic acids is 1. The second-order valence-corrected chi connectivity index (χ2v) is 7.59. The Labute approximate surface area is 155 Å². The van der Waals surface area contributed by atoms with Gasteiger partial charge in [0.2, 0.25) is 5.91 Å². The molecule has 0 spiro atoms. The number of benzene rings is 1. The Kier molecular flexibility index (Phi) is 3.65. The molecule has 3 heterocycles. The summed E-state index contributed by atoms with van der Waals surface area (Å²) in [5, 5.41) is 4.02. The van der Waals surface area contributed by atoms with Crippen molar-refractivity contribution in [1.29, 1.82) is 0 Å². The van der Waals surface area contributed by atoms with E-state index in [-0.39, 0.29) is 23.2 Å². The lowest BCUT2D eigenvalue weighted by atomic mass is 9.72. The molecule has 1 saturated heterocycles. The maximum Gasteiger partial charge on any atom is 0.291 e. The molecule has 0 radical (unpaired) electrons. The topological polar surface area (TPSA) is 93.9 Å². The summed E-state index contributed by atoms with van der Waals surface area (Å²) in [6.07, 6.45) is 6.80. The summed E-state index contributed by atoms with van der Waals surface area (Å²) in [6, 6.07) is 6.76. The van der Waals surface area contributed by atoms with Gasteiger partial charge in [-0.1, -0.05) is 12.1 Å². The van der Waals surface area contributed by atoms with Crippen LogP contribution in [0.3, 0.4) is 0 Å². The zero-order valence-electron chi connectivity index (χ0n) is 15.0. The number of nitrogens with zero attached hydrogens (tertiary/aromatic N) is 2. The summed E-state index contributed by atoms with van der Waals surface area (Å²) < 4.78 is 0. The van der Waals surface area contributed by atoms with Crippen LogP contribution < -0.4 is 10.9 Å². The molecular formula is C20H21N5O2. The number of rotatable bonds is 2. The highest BCUT2D eigenvalue weighted by Gasteiger charge is 2.41. The predicted molar refractivity (Wildman–Crippen MR) is 103 cm³/mol. The molecule has 7 nitrogen and oxygen atoms in total. The number of hydrogen-bond donors (Lipinski definition) is 3. The van der Waals surface area contributed by atoms with E-state index < -0.39 is 0 Å². The molecule has 3 atom stereocenters. The van der Waals surface area contributed by atoms with E-state index in [0.29, 0.717) is 18.5 Å². The molecule has 1 aliphatic heterocycles. The number of likely N-dealkylation sites (tertiary alicyclic amines) is 1. The van der Waals surface area contributed by atoms with Crippen LogP contribution >= 0.6 is 0 Å². The minimum absolute atomic E-state index is 0.0611. The van der Waals surface area contributed by atoms with Crippen LogP contribution in [-0.4, -0.2) is 45.4 Å². The molecule has 2 aromatic heterocycles. The molecule has 0 saturated carbocycles. The Morgan fingerprint density at radius 1 is 1.33 bits per heavy atom. The van der Waals surface area contributed by atoms with Gasteiger partial charge in [0.05, 0.1) is 5.92 Å². The molecule has 1 fully saturated rings. The first-order chi connectivity index (χ1) is 13.1. The van der Waals surface area contributed by atoms with Crippen LogP contribution in [0.1, 0.15) is 23.5 Å². The van der Waals surface area contributed by atoms with Crippen molar-refractivity contribution in [2.45, 2.75) is 24.8 Å². The summed E-state index contributed by atoms with van der Waals surface area (Å²) in [7, 11) is 2.09. The average Bonchev–Trinajstić information content (AvgIpc) is 3.09. The second-order valence-electron chi connectivity index (χ2n) is 7.59. The van der Waals surface area contributed by atoms with Crippen LogP contribution in [0.5, 0.6) is 0 Å². The van der Waals surface area contributed by atoms with E-state index in [2.05, 4.69) is 56.6 Å². The summed E-state index contributed by atoms with van der Waals surface area (Å²) in [5.41, 5.74) is 3.46. The Bertz CT molecular complexity index is 1090. The van der Waals surface area contributed by atoms with Gasteiger partial charge in [0.1, 0.15) is 0 Å². The first kappa shape index (κ1) is 16.3. The summed E-state index contributed by atoms with van der Waals surface area (Å²) in [4.78, 5) is 36.8. The minimum Gasteiger partial charge on any atom is -0.361 e. The molecule has 1 unspecified atom stereocenters. The van der Waals surface area contributed by atoms with Crippen LogP contribution in [0.25, 0.3) is 10.9 Å². The van der Waals surface area contributed by atoms with Crippen molar-refractivity contribution >= 4 is 22.6 Å². The van der Waals surface area contributed by atoms with Gasteiger partial charge in [-0.15, -0.1) is 0 Å². The molecular weight excluding hydrogens is 342 g/mol. The van der Waals surface area contributed by atoms with E-state index >= 15 is 0 Å². The molecule has 1 aromatic carbocycles. The number of H-pyrrole nitrogens is 2. The lowest BCUT2D eigenvalue weighted by Crippen LogP contribution is -2.50. The fourth-order valence-corrected chi connectivity index (χ4v) is 4.79. The fourth-order valence-electron chi connectivity index (χ4n) is 4.79. The number of carbonyl (C=O) groups is 1. The quantitative estimate of drug-likeness (QED) is 0.648. The van der Waals surface area contributed by atoms with Crippen molar-refractivity contribution in [3.05, 3.63) is 58.3 Å². The highest BCUT2D eigenvalue weighted by molar-refractivity contribution is 5.92. The molecule has 3 N–H and O–H groups in total. The Hall–Kier alpha value is -2.93. The fraction of sp³-hybridized carbons (Fsp3) is 0.350. The third-order valence-corrected chi connectivity index (χ3v) is 6.05. The maximum atomic E-state index is 12.8. The molecule has 138 valence electrons. The van der Waals surface area contributed by atoms with E-state index in [1.54, 1.807) is 0 Å². The number of hydrogen-bond acceptors (Lipinski definition) is 4. The van der Waals surface area contributed by atoms with Gasteiger partial charge >= 0.3 is 0 Å². The van der Waals surface area contributed by atoms with Gasteiger partial charge in [-0.25, -0.2) is 4.98 Å². The number of piperidine rings is 1. The summed E-state index contributed by atoms with van der Waals surface area (Å²) in [5.74, 6) is 0.0319. The number of nitrogens with one attached hydrogen (secondary N) is 3. The second kappa shape index (κ2) is 6.06. The minimum atomic E-state index is -0.382. The standard InChI is InChI=1S/C20H21N5O2/c1-25-10-12(19(26)24-18-20(27)22-6-5-21-18)7-14-13-3-2-4-15-17(13)11(9-23-15)8-16(14)25/h2-6,9,12,14,16,23H,7-8,10H2,1H3,(H,22,27)(H,21,24,26)/t12?,14-,16-/m1/s1. The van der Waals surface area contributed by atoms with Crippen molar-refractivity contribution in [2.75, 3.05) is 18.9 Å². The van der Waals surface area contributed by atoms with Gasteiger partial charge in [0, 0.05) is 48.0 Å². The molecule has 27 heavy (non-hydrogen) atoms. The molecule has 7 heteroatoms.